The van der Waals surface area contributed by atoms with Crippen LogP contribution in [0.5, 0.6) is 0 Å². The molecule has 2 aliphatic carbocycles. The van der Waals surface area contributed by atoms with Crippen LogP contribution in [-0.2, 0) is 0 Å². The van der Waals surface area contributed by atoms with Crippen molar-refractivity contribution < 1.29 is 9.32 Å². The maximum Gasteiger partial charge on any atom is 0.259 e. The molecular formula is C18H22N4O2. The topological polar surface area (TPSA) is 80.1 Å². The zero-order chi connectivity index (χ0) is 16.1. The monoisotopic (exact) mass is 326 g/mol. The summed E-state index contributed by atoms with van der Waals surface area (Å²) in [6, 6.07) is 2.13. The highest BCUT2D eigenvalue weighted by molar-refractivity contribution is 6.06. The summed E-state index contributed by atoms with van der Waals surface area (Å²) >= 11 is 0. The Balaban J connectivity index is 1.56. The minimum Gasteiger partial charge on any atom is -0.352 e. The van der Waals surface area contributed by atoms with Crippen LogP contribution in [0.4, 0.5) is 0 Å². The molecule has 2 N–H and O–H groups in total. The van der Waals surface area contributed by atoms with Crippen LogP contribution in [0.25, 0.3) is 11.1 Å². The van der Waals surface area contributed by atoms with E-state index >= 15 is 0 Å². The molecule has 3 heterocycles. The van der Waals surface area contributed by atoms with Gasteiger partial charge in [-0.3, -0.25) is 4.79 Å². The fourth-order valence-corrected chi connectivity index (χ4v) is 3.57. The van der Waals surface area contributed by atoms with Gasteiger partial charge in [-0.25, -0.2) is 4.98 Å². The molecule has 6 heteroatoms. The molecule has 0 bridgehead atoms. The van der Waals surface area contributed by atoms with Crippen LogP contribution in [-0.4, -0.2) is 29.1 Å². The molecule has 1 aliphatic heterocycles. The Hall–Kier alpha value is -1.95. The average molecular weight is 326 g/mol. The summed E-state index contributed by atoms with van der Waals surface area (Å²) in [5.41, 5.74) is 3.02. The Morgan fingerprint density at radius 3 is 2.88 bits per heavy atom. The molecule has 2 saturated carbocycles. The summed E-state index contributed by atoms with van der Waals surface area (Å²) in [7, 11) is 0. The highest BCUT2D eigenvalue weighted by Crippen LogP contribution is 2.41. The maximum atomic E-state index is 12.8. The van der Waals surface area contributed by atoms with E-state index in [2.05, 4.69) is 20.8 Å². The first-order valence-electron chi connectivity index (χ1n) is 9.11. The van der Waals surface area contributed by atoms with Crippen LogP contribution in [0.3, 0.4) is 0 Å². The van der Waals surface area contributed by atoms with Crippen molar-refractivity contribution in [1.29, 1.82) is 0 Å². The predicted molar refractivity (Wildman–Crippen MR) is 88.8 cm³/mol. The van der Waals surface area contributed by atoms with Crippen molar-refractivity contribution in [3.05, 3.63) is 23.0 Å². The van der Waals surface area contributed by atoms with Gasteiger partial charge in [-0.15, -0.1) is 0 Å². The standard InChI is InChI=1S/C18H22N4O2/c23-17(20-9-10-3-4-10)12-8-14(11-5-6-11)21-18-15(12)16(22-24-18)13-2-1-7-19-13/h8,10-11,13,19H,1-7,9H2,(H,20,23). The minimum absolute atomic E-state index is 0.0151. The predicted octanol–water partition coefficient (Wildman–Crippen LogP) is 2.66. The van der Waals surface area contributed by atoms with Crippen LogP contribution in [0.15, 0.2) is 10.6 Å². The van der Waals surface area contributed by atoms with Crippen LogP contribution in [0.2, 0.25) is 0 Å². The fourth-order valence-electron chi connectivity index (χ4n) is 3.57. The molecule has 3 fully saturated rings. The van der Waals surface area contributed by atoms with E-state index < -0.39 is 0 Å². The van der Waals surface area contributed by atoms with Crippen molar-refractivity contribution in [3.63, 3.8) is 0 Å². The molecule has 3 aliphatic rings. The molecule has 1 atom stereocenters. The highest BCUT2D eigenvalue weighted by Gasteiger charge is 2.31. The van der Waals surface area contributed by atoms with E-state index in [0.29, 0.717) is 23.1 Å². The molecule has 1 saturated heterocycles. The molecular weight excluding hydrogens is 304 g/mol. The van der Waals surface area contributed by atoms with Gasteiger partial charge in [-0.2, -0.15) is 0 Å². The van der Waals surface area contributed by atoms with Crippen molar-refractivity contribution in [3.8, 4) is 0 Å². The van der Waals surface area contributed by atoms with Gasteiger partial charge < -0.3 is 15.2 Å². The van der Waals surface area contributed by atoms with E-state index in [4.69, 9.17) is 4.52 Å². The van der Waals surface area contributed by atoms with Crippen molar-refractivity contribution in [1.82, 2.24) is 20.8 Å². The Bertz CT molecular complexity index is 786. The van der Waals surface area contributed by atoms with E-state index in [1.165, 1.54) is 12.8 Å². The van der Waals surface area contributed by atoms with E-state index in [0.717, 1.165) is 55.5 Å². The van der Waals surface area contributed by atoms with E-state index in [1.807, 2.05) is 6.07 Å². The smallest absolute Gasteiger partial charge is 0.259 e. The largest absolute Gasteiger partial charge is 0.352 e. The molecule has 2 aromatic heterocycles. The quantitative estimate of drug-likeness (QED) is 0.883. The van der Waals surface area contributed by atoms with E-state index in [-0.39, 0.29) is 11.9 Å². The van der Waals surface area contributed by atoms with Gasteiger partial charge in [0.2, 0.25) is 0 Å². The second kappa shape index (κ2) is 5.55. The van der Waals surface area contributed by atoms with Gasteiger partial charge in [0.05, 0.1) is 17.0 Å². The number of nitrogens with zero attached hydrogens (tertiary/aromatic N) is 2. The second-order valence-electron chi connectivity index (χ2n) is 7.42. The van der Waals surface area contributed by atoms with Crippen LogP contribution in [0.1, 0.15) is 72.2 Å². The number of amides is 1. The summed E-state index contributed by atoms with van der Waals surface area (Å²) in [4.78, 5) is 17.5. The van der Waals surface area contributed by atoms with Crippen molar-refractivity contribution >= 4 is 17.0 Å². The summed E-state index contributed by atoms with van der Waals surface area (Å²) in [5, 5.41) is 11.6. The first-order valence-corrected chi connectivity index (χ1v) is 9.11. The third kappa shape index (κ3) is 2.59. The minimum atomic E-state index is -0.0151. The Kier molecular flexibility index (Phi) is 3.33. The zero-order valence-corrected chi connectivity index (χ0v) is 13.7. The van der Waals surface area contributed by atoms with Crippen LogP contribution < -0.4 is 10.6 Å². The van der Waals surface area contributed by atoms with E-state index in [9.17, 15) is 4.79 Å². The first kappa shape index (κ1) is 14.4. The number of hydrogen-bond acceptors (Lipinski definition) is 5. The molecule has 1 amide bonds. The highest BCUT2D eigenvalue weighted by atomic mass is 16.5. The molecule has 2 aromatic rings. The fraction of sp³-hybridized carbons (Fsp3) is 0.611. The number of carbonyl (C=O) groups is 1. The Labute approximate surface area is 140 Å². The van der Waals surface area contributed by atoms with Gasteiger partial charge in [-0.05, 0) is 57.1 Å². The summed E-state index contributed by atoms with van der Waals surface area (Å²) in [6.45, 7) is 1.75. The summed E-state index contributed by atoms with van der Waals surface area (Å²) < 4.78 is 5.53. The van der Waals surface area contributed by atoms with Crippen molar-refractivity contribution in [2.45, 2.75) is 50.5 Å². The summed E-state index contributed by atoms with van der Waals surface area (Å²) in [5.74, 6) is 1.12. The lowest BCUT2D eigenvalue weighted by Crippen LogP contribution is -2.26. The van der Waals surface area contributed by atoms with Gasteiger partial charge in [0.25, 0.3) is 11.6 Å². The number of pyridine rings is 1. The lowest BCUT2D eigenvalue weighted by Gasteiger charge is -2.10. The number of hydrogen-bond donors (Lipinski definition) is 2. The van der Waals surface area contributed by atoms with Crippen LogP contribution in [0, 0.1) is 5.92 Å². The third-order valence-electron chi connectivity index (χ3n) is 5.37. The molecule has 0 radical (unpaired) electrons. The molecule has 126 valence electrons. The number of aromatic nitrogens is 2. The van der Waals surface area contributed by atoms with Gasteiger partial charge in [0.15, 0.2) is 0 Å². The third-order valence-corrected chi connectivity index (χ3v) is 5.37. The van der Waals surface area contributed by atoms with Gasteiger partial charge in [0.1, 0.15) is 5.69 Å². The molecule has 0 aromatic carbocycles. The maximum absolute atomic E-state index is 12.8. The second-order valence-corrected chi connectivity index (χ2v) is 7.42. The normalized spacial score (nSPS) is 23.8. The molecule has 0 spiro atoms. The zero-order valence-electron chi connectivity index (χ0n) is 13.7. The lowest BCUT2D eigenvalue weighted by molar-refractivity contribution is 0.0953. The number of nitrogens with one attached hydrogen (secondary N) is 2. The van der Waals surface area contributed by atoms with Crippen molar-refractivity contribution in [2.24, 2.45) is 5.92 Å². The SMILES string of the molecule is O=C(NCC1CC1)c1cc(C2CC2)nc2onc(C3CCCN3)c12. The van der Waals surface area contributed by atoms with Gasteiger partial charge in [-0.1, -0.05) is 5.16 Å². The average Bonchev–Trinajstić information content (AvgIpc) is 3.51. The number of fused-ring (bicyclic) bond motifs is 1. The Morgan fingerprint density at radius 2 is 2.17 bits per heavy atom. The first-order chi connectivity index (χ1) is 11.8. The number of carbonyl (C=O) groups excluding carboxylic acids is 1. The van der Waals surface area contributed by atoms with Gasteiger partial charge in [0, 0.05) is 18.2 Å². The molecule has 1 unspecified atom stereocenters. The van der Waals surface area contributed by atoms with Crippen molar-refractivity contribution in [2.75, 3.05) is 13.1 Å². The number of rotatable bonds is 5. The van der Waals surface area contributed by atoms with E-state index in [1.54, 1.807) is 0 Å². The molecule has 24 heavy (non-hydrogen) atoms. The molecule has 5 rings (SSSR count). The summed E-state index contributed by atoms with van der Waals surface area (Å²) in [6.07, 6.45) is 6.89. The Morgan fingerprint density at radius 1 is 1.29 bits per heavy atom. The van der Waals surface area contributed by atoms with Gasteiger partial charge >= 0.3 is 0 Å². The molecule has 6 nitrogen and oxygen atoms in total. The lowest BCUT2D eigenvalue weighted by atomic mass is 10.0. The van der Waals surface area contributed by atoms with Crippen LogP contribution >= 0.6 is 0 Å².